The first-order valence-corrected chi connectivity index (χ1v) is 8.60. The molecule has 2 nitrogen and oxygen atoms in total. The van der Waals surface area contributed by atoms with E-state index in [0.717, 1.165) is 12.5 Å². The van der Waals surface area contributed by atoms with Crippen molar-refractivity contribution in [3.05, 3.63) is 35.4 Å². The predicted molar refractivity (Wildman–Crippen MR) is 91.7 cm³/mol. The zero-order valence-electron chi connectivity index (χ0n) is 14.2. The average Bonchev–Trinajstić information content (AvgIpc) is 2.48. The van der Waals surface area contributed by atoms with Crippen LogP contribution >= 0.6 is 0 Å². The van der Waals surface area contributed by atoms with Crippen molar-refractivity contribution in [2.24, 2.45) is 5.92 Å². The van der Waals surface area contributed by atoms with Crippen LogP contribution in [0.25, 0.3) is 0 Å². The SMILES string of the molecule is CC(C)c1ccc(CN(CC2CCCNC2)C(C)C)cc1. The molecule has 2 rings (SSSR count). The maximum absolute atomic E-state index is 3.54. The molecule has 21 heavy (non-hydrogen) atoms. The fourth-order valence-corrected chi connectivity index (χ4v) is 3.11. The van der Waals surface area contributed by atoms with E-state index in [1.807, 2.05) is 0 Å². The van der Waals surface area contributed by atoms with Crippen LogP contribution in [0.4, 0.5) is 0 Å². The van der Waals surface area contributed by atoms with E-state index in [1.54, 1.807) is 0 Å². The summed E-state index contributed by atoms with van der Waals surface area (Å²) in [5, 5.41) is 3.54. The number of piperidine rings is 1. The molecule has 1 saturated heterocycles. The smallest absolute Gasteiger partial charge is 0.0236 e. The Kier molecular flexibility index (Phi) is 6.25. The highest BCUT2D eigenvalue weighted by Crippen LogP contribution is 2.18. The van der Waals surface area contributed by atoms with Crippen molar-refractivity contribution in [3.8, 4) is 0 Å². The molecule has 2 heteroatoms. The van der Waals surface area contributed by atoms with Crippen molar-refractivity contribution in [2.45, 2.75) is 59.0 Å². The van der Waals surface area contributed by atoms with Crippen LogP contribution in [0.1, 0.15) is 57.6 Å². The van der Waals surface area contributed by atoms with Crippen molar-refractivity contribution in [1.29, 1.82) is 0 Å². The van der Waals surface area contributed by atoms with Gasteiger partial charge in [0.05, 0.1) is 0 Å². The van der Waals surface area contributed by atoms with Crippen molar-refractivity contribution in [1.82, 2.24) is 10.2 Å². The lowest BCUT2D eigenvalue weighted by molar-refractivity contribution is 0.164. The third-order valence-electron chi connectivity index (χ3n) is 4.65. The van der Waals surface area contributed by atoms with E-state index in [9.17, 15) is 0 Å². The normalized spacial score (nSPS) is 19.7. The lowest BCUT2D eigenvalue weighted by atomic mass is 9.97. The molecule has 0 aliphatic carbocycles. The molecule has 1 aliphatic heterocycles. The Morgan fingerprint density at radius 3 is 2.38 bits per heavy atom. The highest BCUT2D eigenvalue weighted by atomic mass is 15.1. The molecule has 1 atom stereocenters. The molecule has 1 aliphatic rings. The Morgan fingerprint density at radius 2 is 1.86 bits per heavy atom. The summed E-state index contributed by atoms with van der Waals surface area (Å²) in [6.45, 7) is 13.8. The summed E-state index contributed by atoms with van der Waals surface area (Å²) in [6.07, 6.45) is 2.71. The van der Waals surface area contributed by atoms with Crippen LogP contribution in [0, 0.1) is 5.92 Å². The lowest BCUT2D eigenvalue weighted by Crippen LogP contribution is -2.40. The Morgan fingerprint density at radius 1 is 1.14 bits per heavy atom. The summed E-state index contributed by atoms with van der Waals surface area (Å²) in [6, 6.07) is 9.81. The van der Waals surface area contributed by atoms with Gasteiger partial charge in [-0.25, -0.2) is 0 Å². The molecule has 1 aromatic rings. The molecule has 0 amide bonds. The van der Waals surface area contributed by atoms with Crippen LogP contribution in [0.5, 0.6) is 0 Å². The fraction of sp³-hybridized carbons (Fsp3) is 0.684. The number of nitrogens with one attached hydrogen (secondary N) is 1. The van der Waals surface area contributed by atoms with E-state index in [1.165, 1.54) is 43.6 Å². The Labute approximate surface area is 130 Å². The van der Waals surface area contributed by atoms with E-state index in [-0.39, 0.29) is 0 Å². The second-order valence-corrected chi connectivity index (χ2v) is 7.13. The lowest BCUT2D eigenvalue weighted by Gasteiger charge is -2.33. The summed E-state index contributed by atoms with van der Waals surface area (Å²) in [7, 11) is 0. The van der Waals surface area contributed by atoms with Gasteiger partial charge in [0, 0.05) is 19.1 Å². The van der Waals surface area contributed by atoms with Gasteiger partial charge in [0.15, 0.2) is 0 Å². The molecule has 118 valence electrons. The minimum Gasteiger partial charge on any atom is -0.316 e. The van der Waals surface area contributed by atoms with Crippen LogP contribution in [-0.4, -0.2) is 30.6 Å². The summed E-state index contributed by atoms with van der Waals surface area (Å²) < 4.78 is 0. The second-order valence-electron chi connectivity index (χ2n) is 7.13. The highest BCUT2D eigenvalue weighted by molar-refractivity contribution is 5.24. The monoisotopic (exact) mass is 288 g/mol. The zero-order chi connectivity index (χ0) is 15.2. The first-order valence-electron chi connectivity index (χ1n) is 8.60. The summed E-state index contributed by atoms with van der Waals surface area (Å²) >= 11 is 0. The van der Waals surface area contributed by atoms with Crippen molar-refractivity contribution in [3.63, 3.8) is 0 Å². The molecule has 0 saturated carbocycles. The number of hydrogen-bond acceptors (Lipinski definition) is 2. The van der Waals surface area contributed by atoms with E-state index < -0.39 is 0 Å². The van der Waals surface area contributed by atoms with Gasteiger partial charge in [0.1, 0.15) is 0 Å². The van der Waals surface area contributed by atoms with Crippen molar-refractivity contribution < 1.29 is 0 Å². The molecule has 0 spiro atoms. The molecule has 0 bridgehead atoms. The first kappa shape index (κ1) is 16.5. The third-order valence-corrected chi connectivity index (χ3v) is 4.65. The van der Waals surface area contributed by atoms with Gasteiger partial charge < -0.3 is 5.32 Å². The first-order chi connectivity index (χ1) is 10.1. The summed E-state index contributed by atoms with van der Waals surface area (Å²) in [5.74, 6) is 1.43. The Bertz CT molecular complexity index is 402. The minimum absolute atomic E-state index is 0.608. The van der Waals surface area contributed by atoms with E-state index in [0.29, 0.717) is 12.0 Å². The topological polar surface area (TPSA) is 15.3 Å². The molecular weight excluding hydrogens is 256 g/mol. The molecule has 1 unspecified atom stereocenters. The third kappa shape index (κ3) is 5.12. The molecule has 1 heterocycles. The Hall–Kier alpha value is -0.860. The maximum Gasteiger partial charge on any atom is 0.0236 e. The quantitative estimate of drug-likeness (QED) is 0.850. The van der Waals surface area contributed by atoms with Crippen molar-refractivity contribution >= 4 is 0 Å². The highest BCUT2D eigenvalue weighted by Gasteiger charge is 2.19. The number of nitrogens with zero attached hydrogens (tertiary/aromatic N) is 1. The fourth-order valence-electron chi connectivity index (χ4n) is 3.11. The van der Waals surface area contributed by atoms with Gasteiger partial charge in [0.25, 0.3) is 0 Å². The van der Waals surface area contributed by atoms with E-state index in [2.05, 4.69) is 62.2 Å². The minimum atomic E-state index is 0.608. The van der Waals surface area contributed by atoms with Crippen LogP contribution in [0.15, 0.2) is 24.3 Å². The second kappa shape index (κ2) is 7.95. The molecular formula is C19H32N2. The maximum atomic E-state index is 3.54. The number of hydrogen-bond donors (Lipinski definition) is 1. The van der Waals surface area contributed by atoms with Gasteiger partial charge in [-0.15, -0.1) is 0 Å². The molecule has 0 radical (unpaired) electrons. The van der Waals surface area contributed by atoms with E-state index >= 15 is 0 Å². The van der Waals surface area contributed by atoms with E-state index in [4.69, 9.17) is 0 Å². The van der Waals surface area contributed by atoms with Crippen LogP contribution in [0.2, 0.25) is 0 Å². The molecule has 1 aromatic carbocycles. The van der Waals surface area contributed by atoms with Gasteiger partial charge in [-0.3, -0.25) is 4.90 Å². The van der Waals surface area contributed by atoms with Gasteiger partial charge in [-0.05, 0) is 62.7 Å². The van der Waals surface area contributed by atoms with Crippen LogP contribution < -0.4 is 5.32 Å². The predicted octanol–water partition coefficient (Wildman–Crippen LogP) is 4.02. The van der Waals surface area contributed by atoms with Gasteiger partial charge in [0.2, 0.25) is 0 Å². The van der Waals surface area contributed by atoms with Gasteiger partial charge in [-0.1, -0.05) is 38.1 Å². The standard InChI is InChI=1S/C19H32N2/c1-15(2)19-9-7-17(8-10-19)13-21(16(3)4)14-18-6-5-11-20-12-18/h7-10,15-16,18,20H,5-6,11-14H2,1-4H3. The van der Waals surface area contributed by atoms with Gasteiger partial charge in [-0.2, -0.15) is 0 Å². The molecule has 1 fully saturated rings. The Balaban J connectivity index is 1.95. The number of benzene rings is 1. The molecule has 1 N–H and O–H groups in total. The van der Waals surface area contributed by atoms with Crippen molar-refractivity contribution in [2.75, 3.05) is 19.6 Å². The summed E-state index contributed by atoms with van der Waals surface area (Å²) in [5.41, 5.74) is 2.88. The van der Waals surface area contributed by atoms with Crippen LogP contribution in [0.3, 0.4) is 0 Å². The zero-order valence-corrected chi connectivity index (χ0v) is 14.2. The summed E-state index contributed by atoms with van der Waals surface area (Å²) in [4.78, 5) is 2.63. The van der Waals surface area contributed by atoms with Crippen LogP contribution in [-0.2, 0) is 6.54 Å². The van der Waals surface area contributed by atoms with Gasteiger partial charge >= 0.3 is 0 Å². The number of rotatable bonds is 6. The molecule has 0 aromatic heterocycles. The largest absolute Gasteiger partial charge is 0.316 e. The average molecular weight is 288 g/mol.